The Morgan fingerprint density at radius 3 is 2.32 bits per heavy atom. The molecular formula is C23H28ClN3O. The number of aromatic nitrogens is 1. The van der Waals surface area contributed by atoms with E-state index in [1.165, 1.54) is 31.5 Å². The lowest BCUT2D eigenvalue weighted by Gasteiger charge is -2.23. The van der Waals surface area contributed by atoms with Gasteiger partial charge in [-0.3, -0.25) is 0 Å². The molecule has 1 saturated heterocycles. The van der Waals surface area contributed by atoms with Crippen molar-refractivity contribution in [1.29, 1.82) is 0 Å². The number of likely N-dealkylation sites (tertiary alicyclic amines) is 1. The third-order valence-electron chi connectivity index (χ3n) is 5.20. The predicted octanol–water partition coefficient (Wildman–Crippen LogP) is 5.26. The number of rotatable bonds is 8. The number of halogens is 1. The van der Waals surface area contributed by atoms with Crippen LogP contribution in [-0.2, 0) is 6.54 Å². The van der Waals surface area contributed by atoms with E-state index in [0.717, 1.165) is 43.2 Å². The normalized spacial score (nSPS) is 14.0. The van der Waals surface area contributed by atoms with Crippen LogP contribution in [0.2, 0.25) is 0 Å². The molecule has 0 spiro atoms. The summed E-state index contributed by atoms with van der Waals surface area (Å²) in [5.74, 6) is 0.846. The Bertz CT molecular complexity index is 816. The molecule has 0 atom stereocenters. The van der Waals surface area contributed by atoms with Crippen molar-refractivity contribution >= 4 is 18.3 Å². The van der Waals surface area contributed by atoms with Crippen molar-refractivity contribution < 1.29 is 4.52 Å². The van der Waals surface area contributed by atoms with Gasteiger partial charge in [-0.25, -0.2) is 0 Å². The summed E-state index contributed by atoms with van der Waals surface area (Å²) in [6.07, 6.45) is 3.82. The minimum Gasteiger partial charge on any atom is -0.338 e. The Morgan fingerprint density at radius 1 is 0.929 bits per heavy atom. The first kappa shape index (κ1) is 20.4. The first-order valence-electron chi connectivity index (χ1n) is 9.92. The molecule has 3 aromatic rings. The molecule has 1 fully saturated rings. The molecule has 28 heavy (non-hydrogen) atoms. The third kappa shape index (κ3) is 5.37. The summed E-state index contributed by atoms with van der Waals surface area (Å²) in [7, 11) is 0. The molecule has 148 valence electrons. The molecule has 1 aliphatic heterocycles. The standard InChI is InChI=1S/C23H27N3O.ClH/c1-3-10-20(11-4-1)19-26(17-9-16-25-14-7-8-15-25)23-18-22(24-27-23)21-12-5-2-6-13-21;/h1-6,10-13,18H,7-9,14-17,19H2;1H. The van der Waals surface area contributed by atoms with Crippen LogP contribution in [0.5, 0.6) is 0 Å². The van der Waals surface area contributed by atoms with Crippen molar-refractivity contribution in [2.45, 2.75) is 25.8 Å². The maximum atomic E-state index is 5.74. The van der Waals surface area contributed by atoms with Crippen LogP contribution in [0.15, 0.2) is 71.3 Å². The molecule has 5 heteroatoms. The van der Waals surface area contributed by atoms with Gasteiger partial charge in [0.1, 0.15) is 5.69 Å². The van der Waals surface area contributed by atoms with Crippen molar-refractivity contribution in [3.8, 4) is 11.3 Å². The van der Waals surface area contributed by atoms with Crippen LogP contribution in [0.25, 0.3) is 11.3 Å². The van der Waals surface area contributed by atoms with E-state index in [4.69, 9.17) is 4.52 Å². The quantitative estimate of drug-likeness (QED) is 0.519. The molecule has 0 unspecified atom stereocenters. The van der Waals surface area contributed by atoms with Crippen molar-refractivity contribution in [2.24, 2.45) is 0 Å². The highest BCUT2D eigenvalue weighted by Crippen LogP contribution is 2.25. The maximum Gasteiger partial charge on any atom is 0.228 e. The average molecular weight is 398 g/mol. The second-order valence-electron chi connectivity index (χ2n) is 7.23. The zero-order valence-corrected chi connectivity index (χ0v) is 17.0. The molecule has 1 aliphatic rings. The number of nitrogens with zero attached hydrogens (tertiary/aromatic N) is 3. The number of hydrogen-bond acceptors (Lipinski definition) is 4. The van der Waals surface area contributed by atoms with Gasteiger partial charge in [0.25, 0.3) is 0 Å². The summed E-state index contributed by atoms with van der Waals surface area (Å²) >= 11 is 0. The van der Waals surface area contributed by atoms with E-state index in [1.54, 1.807) is 0 Å². The summed E-state index contributed by atoms with van der Waals surface area (Å²) in [4.78, 5) is 4.88. The lowest BCUT2D eigenvalue weighted by atomic mass is 10.1. The summed E-state index contributed by atoms with van der Waals surface area (Å²) in [5, 5.41) is 4.31. The van der Waals surface area contributed by atoms with Gasteiger partial charge in [0.15, 0.2) is 0 Å². The summed E-state index contributed by atoms with van der Waals surface area (Å²) in [5.41, 5.74) is 3.27. The molecular weight excluding hydrogens is 370 g/mol. The first-order chi connectivity index (χ1) is 13.4. The molecule has 2 aromatic carbocycles. The van der Waals surface area contributed by atoms with Crippen molar-refractivity contribution in [3.05, 3.63) is 72.3 Å². The lowest BCUT2D eigenvalue weighted by molar-refractivity contribution is 0.332. The SMILES string of the molecule is Cl.c1ccc(CN(CCCN2CCCC2)c2cc(-c3ccccc3)no2)cc1. The fourth-order valence-electron chi connectivity index (χ4n) is 3.72. The van der Waals surface area contributed by atoms with Crippen LogP contribution in [-0.4, -0.2) is 36.2 Å². The van der Waals surface area contributed by atoms with Gasteiger partial charge in [0.2, 0.25) is 5.88 Å². The van der Waals surface area contributed by atoms with E-state index >= 15 is 0 Å². The van der Waals surface area contributed by atoms with Gasteiger partial charge in [0.05, 0.1) is 0 Å². The van der Waals surface area contributed by atoms with Crippen LogP contribution < -0.4 is 4.90 Å². The van der Waals surface area contributed by atoms with Gasteiger partial charge < -0.3 is 14.3 Å². The highest BCUT2D eigenvalue weighted by molar-refractivity contribution is 5.85. The fraction of sp³-hybridized carbons (Fsp3) is 0.348. The molecule has 0 radical (unpaired) electrons. The van der Waals surface area contributed by atoms with Crippen LogP contribution in [0.1, 0.15) is 24.8 Å². The highest BCUT2D eigenvalue weighted by Gasteiger charge is 2.16. The molecule has 0 amide bonds. The monoisotopic (exact) mass is 397 g/mol. The Balaban J connectivity index is 0.00000225. The molecule has 2 heterocycles. The second kappa shape index (κ2) is 10.3. The summed E-state index contributed by atoms with van der Waals surface area (Å²) in [6, 6.07) is 22.9. The molecule has 4 nitrogen and oxygen atoms in total. The lowest BCUT2D eigenvalue weighted by Crippen LogP contribution is -2.28. The van der Waals surface area contributed by atoms with Gasteiger partial charge in [-0.05, 0) is 44.5 Å². The molecule has 1 aromatic heterocycles. The molecule has 0 N–H and O–H groups in total. The van der Waals surface area contributed by atoms with Crippen molar-refractivity contribution in [1.82, 2.24) is 10.1 Å². The molecule has 4 rings (SSSR count). The Kier molecular flexibility index (Phi) is 7.52. The topological polar surface area (TPSA) is 32.5 Å². The van der Waals surface area contributed by atoms with E-state index < -0.39 is 0 Å². The van der Waals surface area contributed by atoms with Gasteiger partial charge in [-0.1, -0.05) is 65.8 Å². The van der Waals surface area contributed by atoms with Crippen LogP contribution in [0.3, 0.4) is 0 Å². The second-order valence-corrected chi connectivity index (χ2v) is 7.23. The minimum atomic E-state index is 0. The Labute approximate surface area is 173 Å². The van der Waals surface area contributed by atoms with E-state index in [0.29, 0.717) is 0 Å². The van der Waals surface area contributed by atoms with Crippen molar-refractivity contribution in [3.63, 3.8) is 0 Å². The molecule has 0 aliphatic carbocycles. The third-order valence-corrected chi connectivity index (χ3v) is 5.20. The van der Waals surface area contributed by atoms with E-state index in [2.05, 4.69) is 63.5 Å². The van der Waals surface area contributed by atoms with E-state index in [-0.39, 0.29) is 12.4 Å². The zero-order valence-electron chi connectivity index (χ0n) is 16.2. The van der Waals surface area contributed by atoms with Crippen LogP contribution >= 0.6 is 12.4 Å². The smallest absolute Gasteiger partial charge is 0.228 e. The maximum absolute atomic E-state index is 5.74. The largest absolute Gasteiger partial charge is 0.338 e. The summed E-state index contributed by atoms with van der Waals surface area (Å²) < 4.78 is 5.74. The predicted molar refractivity (Wildman–Crippen MR) is 117 cm³/mol. The van der Waals surface area contributed by atoms with E-state index in [1.807, 2.05) is 18.2 Å². The fourth-order valence-corrected chi connectivity index (χ4v) is 3.72. The van der Waals surface area contributed by atoms with Gasteiger partial charge in [-0.2, -0.15) is 0 Å². The van der Waals surface area contributed by atoms with Crippen molar-refractivity contribution in [2.75, 3.05) is 31.1 Å². The van der Waals surface area contributed by atoms with Crippen LogP contribution in [0, 0.1) is 0 Å². The zero-order chi connectivity index (χ0) is 18.3. The number of hydrogen-bond donors (Lipinski definition) is 0. The minimum absolute atomic E-state index is 0. The molecule has 0 bridgehead atoms. The van der Waals surface area contributed by atoms with Gasteiger partial charge in [0, 0.05) is 24.7 Å². The van der Waals surface area contributed by atoms with E-state index in [9.17, 15) is 0 Å². The Morgan fingerprint density at radius 2 is 1.61 bits per heavy atom. The first-order valence-corrected chi connectivity index (χ1v) is 9.92. The van der Waals surface area contributed by atoms with Gasteiger partial charge >= 0.3 is 0 Å². The number of benzene rings is 2. The summed E-state index contributed by atoms with van der Waals surface area (Å²) in [6.45, 7) is 5.46. The Hall–Kier alpha value is -2.30. The molecule has 0 saturated carbocycles. The number of anilines is 1. The average Bonchev–Trinajstić information content (AvgIpc) is 3.41. The van der Waals surface area contributed by atoms with Gasteiger partial charge in [-0.15, -0.1) is 12.4 Å². The highest BCUT2D eigenvalue weighted by atomic mass is 35.5. The van der Waals surface area contributed by atoms with Crippen LogP contribution in [0.4, 0.5) is 5.88 Å².